The maximum absolute atomic E-state index is 12.3. The van der Waals surface area contributed by atoms with Crippen LogP contribution in [0.15, 0.2) is 0 Å². The molecule has 0 saturated carbocycles. The number of carbonyl (C=O) groups is 1. The zero-order valence-corrected chi connectivity index (χ0v) is 26.3. The molecule has 4 N–H and O–H groups in total. The highest BCUT2D eigenvalue weighted by Gasteiger charge is 2.26. The van der Waals surface area contributed by atoms with Crippen molar-refractivity contribution in [1.29, 1.82) is 0 Å². The van der Waals surface area contributed by atoms with Crippen LogP contribution in [0.2, 0.25) is 0 Å². The van der Waals surface area contributed by atoms with Gasteiger partial charge in [-0.15, -0.1) is 0 Å². The van der Waals surface area contributed by atoms with Gasteiger partial charge in [0.15, 0.2) is 0 Å². The Kier molecular flexibility index (Phi) is 29.8. The van der Waals surface area contributed by atoms with Crippen molar-refractivity contribution < 1.29 is 20.1 Å². The van der Waals surface area contributed by atoms with Crippen LogP contribution in [0.3, 0.4) is 0 Å². The van der Waals surface area contributed by atoms with E-state index in [0.29, 0.717) is 12.8 Å². The van der Waals surface area contributed by atoms with Gasteiger partial charge in [0, 0.05) is 6.42 Å². The first-order valence-corrected chi connectivity index (χ1v) is 17.3. The van der Waals surface area contributed by atoms with E-state index in [1.165, 1.54) is 122 Å². The first-order valence-electron chi connectivity index (χ1n) is 17.3. The molecule has 3 atom stereocenters. The number of aliphatic hydroxyl groups excluding tert-OH is 3. The lowest BCUT2D eigenvalue weighted by atomic mass is 9.99. The molecule has 0 bridgehead atoms. The van der Waals surface area contributed by atoms with Crippen LogP contribution in [0.1, 0.15) is 187 Å². The normalized spacial score (nSPS) is 13.9. The summed E-state index contributed by atoms with van der Waals surface area (Å²) in [5.74, 6) is -0.145. The van der Waals surface area contributed by atoms with E-state index in [4.69, 9.17) is 0 Å². The zero-order chi connectivity index (χ0) is 28.8. The van der Waals surface area contributed by atoms with Crippen molar-refractivity contribution in [2.24, 2.45) is 0 Å². The molecule has 1 unspecified atom stereocenters. The molecule has 0 rings (SSSR count). The van der Waals surface area contributed by atoms with Crippen LogP contribution in [0.4, 0.5) is 0 Å². The molecule has 5 nitrogen and oxygen atoms in total. The second kappa shape index (κ2) is 30.3. The van der Waals surface area contributed by atoms with Crippen LogP contribution >= 0.6 is 0 Å². The minimum absolute atomic E-state index is 0.145. The topological polar surface area (TPSA) is 89.8 Å². The molecular formula is C34H69NO4. The summed E-state index contributed by atoms with van der Waals surface area (Å²) < 4.78 is 0. The predicted octanol–water partition coefficient (Wildman–Crippen LogP) is 8.76. The standard InChI is InChI=1S/C34H69NO4/c1-3-5-7-9-11-13-15-17-19-21-23-25-27-29-33(38)35-31(30-36)34(39)32(37)28-26-24-22-20-18-16-14-12-10-8-6-4-2/h31-32,34,36-37,39H,3-30H2,1-2H3,(H,35,38)/t31-,32?,34-/m0/s1. The second-order valence-electron chi connectivity index (χ2n) is 12.1. The van der Waals surface area contributed by atoms with Gasteiger partial charge in [0.05, 0.1) is 18.8 Å². The molecular weight excluding hydrogens is 486 g/mol. The highest BCUT2D eigenvalue weighted by Crippen LogP contribution is 2.16. The van der Waals surface area contributed by atoms with E-state index in [-0.39, 0.29) is 12.5 Å². The van der Waals surface area contributed by atoms with Crippen molar-refractivity contribution in [3.8, 4) is 0 Å². The van der Waals surface area contributed by atoms with Crippen LogP contribution in [0.25, 0.3) is 0 Å². The van der Waals surface area contributed by atoms with Crippen LogP contribution in [0.5, 0.6) is 0 Å². The van der Waals surface area contributed by atoms with Gasteiger partial charge in [0.2, 0.25) is 5.91 Å². The summed E-state index contributed by atoms with van der Waals surface area (Å²) in [6.45, 7) is 4.15. The van der Waals surface area contributed by atoms with Gasteiger partial charge in [-0.3, -0.25) is 4.79 Å². The monoisotopic (exact) mass is 556 g/mol. The van der Waals surface area contributed by atoms with Crippen molar-refractivity contribution in [3.63, 3.8) is 0 Å². The molecule has 0 fully saturated rings. The van der Waals surface area contributed by atoms with E-state index in [9.17, 15) is 20.1 Å². The lowest BCUT2D eigenvalue weighted by Crippen LogP contribution is -2.50. The maximum Gasteiger partial charge on any atom is 0.220 e. The Bertz CT molecular complexity index is 502. The zero-order valence-electron chi connectivity index (χ0n) is 26.3. The summed E-state index contributed by atoms with van der Waals surface area (Å²) in [6, 6.07) is -0.799. The van der Waals surface area contributed by atoms with Crippen LogP contribution < -0.4 is 5.32 Å². The maximum atomic E-state index is 12.3. The Morgan fingerprint density at radius 2 is 0.872 bits per heavy atom. The van der Waals surface area contributed by atoms with Crippen LogP contribution in [-0.4, -0.2) is 46.1 Å². The van der Waals surface area contributed by atoms with E-state index < -0.39 is 18.2 Å². The molecule has 0 radical (unpaired) electrons. The van der Waals surface area contributed by atoms with Gasteiger partial charge >= 0.3 is 0 Å². The van der Waals surface area contributed by atoms with E-state index in [1.54, 1.807) is 0 Å². The van der Waals surface area contributed by atoms with Gasteiger partial charge in [-0.2, -0.15) is 0 Å². The van der Waals surface area contributed by atoms with Gasteiger partial charge in [0.25, 0.3) is 0 Å². The number of hydrogen-bond donors (Lipinski definition) is 4. The molecule has 1 amide bonds. The largest absolute Gasteiger partial charge is 0.394 e. The number of unbranched alkanes of at least 4 members (excludes halogenated alkanes) is 23. The molecule has 0 aliphatic heterocycles. The van der Waals surface area contributed by atoms with Crippen molar-refractivity contribution in [2.45, 2.75) is 205 Å². The average molecular weight is 556 g/mol. The number of amides is 1. The molecule has 5 heteroatoms. The summed E-state index contributed by atoms with van der Waals surface area (Å²) >= 11 is 0. The van der Waals surface area contributed by atoms with Crippen molar-refractivity contribution in [2.75, 3.05) is 6.61 Å². The number of hydrogen-bond acceptors (Lipinski definition) is 4. The van der Waals surface area contributed by atoms with Crippen molar-refractivity contribution in [1.82, 2.24) is 5.32 Å². The number of rotatable bonds is 31. The van der Waals surface area contributed by atoms with Crippen molar-refractivity contribution >= 4 is 5.91 Å². The average Bonchev–Trinajstić information content (AvgIpc) is 2.94. The van der Waals surface area contributed by atoms with Crippen LogP contribution in [0, 0.1) is 0 Å². The van der Waals surface area contributed by atoms with Gasteiger partial charge in [-0.25, -0.2) is 0 Å². The van der Waals surface area contributed by atoms with Gasteiger partial charge in [-0.1, -0.05) is 168 Å². The first-order chi connectivity index (χ1) is 19.1. The lowest BCUT2D eigenvalue weighted by molar-refractivity contribution is -0.124. The number of nitrogens with one attached hydrogen (secondary N) is 1. The minimum atomic E-state index is -1.13. The third-order valence-corrected chi connectivity index (χ3v) is 8.21. The molecule has 0 aliphatic rings. The quantitative estimate of drug-likeness (QED) is 0.0644. The van der Waals surface area contributed by atoms with Crippen LogP contribution in [-0.2, 0) is 4.79 Å². The summed E-state index contributed by atoms with van der Waals surface area (Å²) in [6.07, 6.45) is 30.4. The highest BCUT2D eigenvalue weighted by atomic mass is 16.3. The molecule has 0 aromatic rings. The number of aliphatic hydroxyl groups is 3. The smallest absolute Gasteiger partial charge is 0.220 e. The van der Waals surface area contributed by atoms with Gasteiger partial charge in [0.1, 0.15) is 6.10 Å². The molecule has 0 spiro atoms. The minimum Gasteiger partial charge on any atom is -0.394 e. The lowest BCUT2D eigenvalue weighted by Gasteiger charge is -2.26. The highest BCUT2D eigenvalue weighted by molar-refractivity contribution is 5.76. The Morgan fingerprint density at radius 1 is 0.538 bits per heavy atom. The van der Waals surface area contributed by atoms with E-state index in [0.717, 1.165) is 38.5 Å². The Morgan fingerprint density at radius 3 is 1.23 bits per heavy atom. The second-order valence-corrected chi connectivity index (χ2v) is 12.1. The molecule has 39 heavy (non-hydrogen) atoms. The SMILES string of the molecule is CCCCCCCCCCCCCCCC(=O)N[C@@H](CO)[C@H](O)C(O)CCCCCCCCCCCCCC. The van der Waals surface area contributed by atoms with E-state index in [2.05, 4.69) is 19.2 Å². The Balaban J connectivity index is 3.69. The first kappa shape index (κ1) is 38.4. The Hall–Kier alpha value is -0.650. The third kappa shape index (κ3) is 26.0. The fraction of sp³-hybridized carbons (Fsp3) is 0.971. The molecule has 0 aliphatic carbocycles. The molecule has 0 saturated heterocycles. The molecule has 0 aromatic heterocycles. The summed E-state index contributed by atoms with van der Waals surface area (Å²) in [7, 11) is 0. The van der Waals surface area contributed by atoms with Gasteiger partial charge < -0.3 is 20.6 Å². The summed E-state index contributed by atoms with van der Waals surface area (Å²) in [5, 5.41) is 33.2. The van der Waals surface area contributed by atoms with E-state index >= 15 is 0 Å². The van der Waals surface area contributed by atoms with Crippen molar-refractivity contribution in [3.05, 3.63) is 0 Å². The molecule has 0 heterocycles. The third-order valence-electron chi connectivity index (χ3n) is 8.21. The summed E-state index contributed by atoms with van der Waals surface area (Å²) in [5.41, 5.74) is 0. The summed E-state index contributed by atoms with van der Waals surface area (Å²) in [4.78, 5) is 12.3. The molecule has 234 valence electrons. The van der Waals surface area contributed by atoms with Gasteiger partial charge in [-0.05, 0) is 12.8 Å². The Labute approximate surface area is 243 Å². The van der Waals surface area contributed by atoms with E-state index in [1.807, 2.05) is 0 Å². The number of carbonyl (C=O) groups excluding carboxylic acids is 1. The predicted molar refractivity (Wildman–Crippen MR) is 167 cm³/mol. The fourth-order valence-electron chi connectivity index (χ4n) is 5.45. The fourth-order valence-corrected chi connectivity index (χ4v) is 5.45. The molecule has 0 aromatic carbocycles.